The van der Waals surface area contributed by atoms with Crippen molar-refractivity contribution in [2.24, 2.45) is 0 Å². The Kier molecular flexibility index (Phi) is 23.6. The normalized spacial score (nSPS) is 9.81. The number of nitrogens with one attached hydrogen (secondary N) is 3. The molecule has 0 fully saturated rings. The van der Waals surface area contributed by atoms with Crippen molar-refractivity contribution < 1.29 is 24.3 Å². The maximum absolute atomic E-state index is 11.7. The van der Waals surface area contributed by atoms with Crippen LogP contribution in [-0.2, 0) is 32.0 Å². The molecular weight excluding hydrogens is 530 g/mol. The number of unbranched alkanes of at least 4 members (excludes halogenated alkanes) is 4. The molecule has 0 saturated carbocycles. The fourth-order valence-corrected chi connectivity index (χ4v) is 3.88. The quantitative estimate of drug-likeness (QED) is 0.119. The lowest BCUT2D eigenvalue weighted by Gasteiger charge is -2.06. The van der Waals surface area contributed by atoms with E-state index in [1.54, 1.807) is 6.08 Å². The van der Waals surface area contributed by atoms with Crippen LogP contribution in [0.5, 0.6) is 0 Å². The minimum absolute atomic E-state index is 0. The molecule has 232 valence electrons. The molecule has 0 bridgehead atoms. The Morgan fingerprint density at radius 2 is 1.02 bits per heavy atom. The molecular formula is C34H51N3O5. The summed E-state index contributed by atoms with van der Waals surface area (Å²) in [5, 5.41) is 17.0. The van der Waals surface area contributed by atoms with Gasteiger partial charge in [-0.3, -0.25) is 19.2 Å². The highest BCUT2D eigenvalue weighted by Crippen LogP contribution is 2.04. The van der Waals surface area contributed by atoms with Gasteiger partial charge in [0, 0.05) is 45.3 Å². The van der Waals surface area contributed by atoms with E-state index < -0.39 is 5.97 Å². The fourth-order valence-electron chi connectivity index (χ4n) is 3.88. The van der Waals surface area contributed by atoms with Crippen LogP contribution < -0.4 is 16.0 Å². The molecule has 0 aliphatic rings. The van der Waals surface area contributed by atoms with E-state index in [1.165, 1.54) is 11.1 Å². The first-order valence-electron chi connectivity index (χ1n) is 14.6. The molecule has 2 rings (SSSR count). The van der Waals surface area contributed by atoms with E-state index in [-0.39, 0.29) is 31.6 Å². The Morgan fingerprint density at radius 1 is 0.595 bits per heavy atom. The largest absolute Gasteiger partial charge is 0.481 e. The van der Waals surface area contributed by atoms with Crippen molar-refractivity contribution in [1.82, 2.24) is 16.0 Å². The van der Waals surface area contributed by atoms with Crippen molar-refractivity contribution in [3.8, 4) is 0 Å². The summed E-state index contributed by atoms with van der Waals surface area (Å²) in [7, 11) is 0. The standard InChI is InChI=1S/C18H26N2O2.C15H21NO3.CH4/c1-2-14-19-17(21)11-7-4-8-15-20-18(22)13-12-16-9-5-3-6-10-16;17-14(11-10-13-7-3-1-4-8-13)16-12-6-2-5-9-15(18)19;/h2-3,5-6,9-10H,1,4,7-8,11-15H2,(H,19,21)(H,20,22);1,3-4,7-8H,2,5-6,9-12H2,(H,16,17)(H,18,19);1H4. The smallest absolute Gasteiger partial charge is 0.303 e. The molecule has 0 aliphatic heterocycles. The average Bonchev–Trinajstić information content (AvgIpc) is 2.98. The predicted molar refractivity (Wildman–Crippen MR) is 170 cm³/mol. The Balaban J connectivity index is 0.000000790. The van der Waals surface area contributed by atoms with Gasteiger partial charge in [-0.2, -0.15) is 0 Å². The van der Waals surface area contributed by atoms with E-state index >= 15 is 0 Å². The molecule has 8 nitrogen and oxygen atoms in total. The zero-order chi connectivity index (χ0) is 30.0. The SMILES string of the molecule is C.C=CCNC(=O)CCCCCNC(=O)CCc1ccccc1.O=C(O)CCCCCNC(=O)CCc1ccccc1. The maximum Gasteiger partial charge on any atom is 0.303 e. The van der Waals surface area contributed by atoms with Crippen LogP contribution in [0.3, 0.4) is 0 Å². The van der Waals surface area contributed by atoms with Crippen molar-refractivity contribution >= 4 is 23.7 Å². The second kappa shape index (κ2) is 26.0. The lowest BCUT2D eigenvalue weighted by atomic mass is 10.1. The number of carboxylic acids is 1. The van der Waals surface area contributed by atoms with E-state index in [0.717, 1.165) is 44.9 Å². The third kappa shape index (κ3) is 22.8. The van der Waals surface area contributed by atoms with Gasteiger partial charge in [-0.05, 0) is 49.7 Å². The number of rotatable bonds is 20. The van der Waals surface area contributed by atoms with Gasteiger partial charge in [0.1, 0.15) is 0 Å². The van der Waals surface area contributed by atoms with Crippen LogP contribution in [-0.4, -0.2) is 48.4 Å². The minimum atomic E-state index is -0.758. The molecule has 0 saturated heterocycles. The fraction of sp³-hybridized carbons (Fsp3) is 0.471. The van der Waals surface area contributed by atoms with E-state index in [9.17, 15) is 19.2 Å². The molecule has 0 heterocycles. The van der Waals surface area contributed by atoms with Gasteiger partial charge in [0.05, 0.1) is 0 Å². The number of hydrogen-bond acceptors (Lipinski definition) is 4. The van der Waals surface area contributed by atoms with Crippen molar-refractivity contribution in [2.45, 2.75) is 84.5 Å². The molecule has 0 aliphatic carbocycles. The number of carbonyl (C=O) groups is 4. The van der Waals surface area contributed by atoms with Gasteiger partial charge in [0.25, 0.3) is 0 Å². The summed E-state index contributed by atoms with van der Waals surface area (Å²) in [5.74, 6) is -0.548. The predicted octanol–water partition coefficient (Wildman–Crippen LogP) is 5.61. The third-order valence-electron chi connectivity index (χ3n) is 6.20. The Bertz CT molecular complexity index is 1010. The second-order valence-corrected chi connectivity index (χ2v) is 9.78. The first-order chi connectivity index (χ1) is 19.9. The molecule has 42 heavy (non-hydrogen) atoms. The molecule has 8 heteroatoms. The van der Waals surface area contributed by atoms with Crippen molar-refractivity contribution in [3.05, 3.63) is 84.4 Å². The molecule has 0 atom stereocenters. The topological polar surface area (TPSA) is 125 Å². The van der Waals surface area contributed by atoms with Gasteiger partial charge in [0.2, 0.25) is 17.7 Å². The number of amides is 3. The first kappa shape index (κ1) is 38.1. The first-order valence-corrected chi connectivity index (χ1v) is 14.6. The number of benzene rings is 2. The van der Waals surface area contributed by atoms with E-state index in [4.69, 9.17) is 5.11 Å². The van der Waals surface area contributed by atoms with Gasteiger partial charge in [-0.15, -0.1) is 6.58 Å². The van der Waals surface area contributed by atoms with E-state index in [2.05, 4.69) is 22.5 Å². The van der Waals surface area contributed by atoms with Crippen molar-refractivity contribution in [1.29, 1.82) is 0 Å². The maximum atomic E-state index is 11.7. The van der Waals surface area contributed by atoms with Crippen LogP contribution in [0.15, 0.2) is 73.3 Å². The van der Waals surface area contributed by atoms with Crippen LogP contribution in [0, 0.1) is 0 Å². The van der Waals surface area contributed by atoms with Crippen LogP contribution in [0.2, 0.25) is 0 Å². The highest BCUT2D eigenvalue weighted by atomic mass is 16.4. The lowest BCUT2D eigenvalue weighted by Crippen LogP contribution is -2.25. The van der Waals surface area contributed by atoms with E-state index in [1.807, 2.05) is 60.7 Å². The van der Waals surface area contributed by atoms with Crippen molar-refractivity contribution in [3.63, 3.8) is 0 Å². The van der Waals surface area contributed by atoms with Gasteiger partial charge < -0.3 is 21.1 Å². The summed E-state index contributed by atoms with van der Waals surface area (Å²) in [6.07, 6.45) is 10.0. The number of hydrogen-bond donors (Lipinski definition) is 4. The summed E-state index contributed by atoms with van der Waals surface area (Å²) >= 11 is 0. The van der Waals surface area contributed by atoms with Gasteiger partial charge >= 0.3 is 5.97 Å². The minimum Gasteiger partial charge on any atom is -0.481 e. The molecule has 3 amide bonds. The number of aliphatic carboxylic acids is 1. The van der Waals surface area contributed by atoms with Gasteiger partial charge in [-0.1, -0.05) is 87.0 Å². The lowest BCUT2D eigenvalue weighted by molar-refractivity contribution is -0.137. The zero-order valence-corrected chi connectivity index (χ0v) is 24.2. The molecule has 0 aromatic heterocycles. The summed E-state index contributed by atoms with van der Waals surface area (Å²) in [5.41, 5.74) is 2.35. The van der Waals surface area contributed by atoms with Crippen LogP contribution in [0.4, 0.5) is 0 Å². The molecule has 0 spiro atoms. The summed E-state index contributed by atoms with van der Waals surface area (Å²) in [6, 6.07) is 19.9. The summed E-state index contributed by atoms with van der Waals surface area (Å²) in [6.45, 7) is 5.39. The summed E-state index contributed by atoms with van der Waals surface area (Å²) < 4.78 is 0. The average molecular weight is 582 g/mol. The Labute approximate surface area is 252 Å². The number of carbonyl (C=O) groups excluding carboxylic acids is 3. The Morgan fingerprint density at radius 3 is 1.45 bits per heavy atom. The van der Waals surface area contributed by atoms with Crippen LogP contribution in [0.1, 0.15) is 82.8 Å². The monoisotopic (exact) mass is 581 g/mol. The zero-order valence-electron chi connectivity index (χ0n) is 24.2. The molecule has 2 aromatic carbocycles. The number of aryl methyl sites for hydroxylation is 2. The van der Waals surface area contributed by atoms with Gasteiger partial charge in [0.15, 0.2) is 0 Å². The molecule has 4 N–H and O–H groups in total. The second-order valence-electron chi connectivity index (χ2n) is 9.78. The highest BCUT2D eigenvalue weighted by molar-refractivity contribution is 5.76. The molecule has 0 radical (unpaired) electrons. The van der Waals surface area contributed by atoms with Crippen LogP contribution in [0.25, 0.3) is 0 Å². The molecule has 0 unspecified atom stereocenters. The molecule has 2 aromatic rings. The third-order valence-corrected chi connectivity index (χ3v) is 6.20. The van der Waals surface area contributed by atoms with Crippen molar-refractivity contribution in [2.75, 3.05) is 19.6 Å². The highest BCUT2D eigenvalue weighted by Gasteiger charge is 2.03. The number of carboxylic acid groups (broad SMARTS) is 1. The van der Waals surface area contributed by atoms with Crippen LogP contribution >= 0.6 is 0 Å². The Hall–Kier alpha value is -3.94. The summed E-state index contributed by atoms with van der Waals surface area (Å²) in [4.78, 5) is 44.9. The van der Waals surface area contributed by atoms with Gasteiger partial charge in [-0.25, -0.2) is 0 Å². The van der Waals surface area contributed by atoms with E-state index in [0.29, 0.717) is 45.3 Å².